The molecule has 0 aromatic carbocycles. The van der Waals surface area contributed by atoms with E-state index in [1.165, 1.54) is 0 Å². The zero-order valence-electron chi connectivity index (χ0n) is 21.1. The van der Waals surface area contributed by atoms with Gasteiger partial charge in [0.05, 0.1) is 47.0 Å². The van der Waals surface area contributed by atoms with Gasteiger partial charge in [0.25, 0.3) is 0 Å². The highest BCUT2D eigenvalue weighted by Crippen LogP contribution is 2.36. The van der Waals surface area contributed by atoms with E-state index in [0.29, 0.717) is 6.42 Å². The van der Waals surface area contributed by atoms with E-state index in [-0.39, 0.29) is 30.3 Å². The summed E-state index contributed by atoms with van der Waals surface area (Å²) in [4.78, 5) is 30.5. The fraction of sp³-hybridized carbons (Fsp3) is 0.731. The number of Topliss-reactive ketones (excluding diaryl/α,β-unsaturated/α-hetero) is 1. The summed E-state index contributed by atoms with van der Waals surface area (Å²) in [6.45, 7) is 10.8. The highest BCUT2D eigenvalue weighted by atomic mass is 32.1. The van der Waals surface area contributed by atoms with Gasteiger partial charge in [-0.05, 0) is 44.3 Å². The molecule has 3 rings (SSSR count). The summed E-state index contributed by atoms with van der Waals surface area (Å²) in [7, 11) is 0. The Bertz CT molecular complexity index is 909. The molecule has 7 atom stereocenters. The normalized spacial score (nSPS) is 36.0. The van der Waals surface area contributed by atoms with Crippen molar-refractivity contribution in [2.24, 2.45) is 17.3 Å². The highest BCUT2D eigenvalue weighted by Gasteiger charge is 2.44. The van der Waals surface area contributed by atoms with E-state index in [9.17, 15) is 19.8 Å². The molecule has 0 radical (unpaired) electrons. The first kappa shape index (κ1) is 27.0. The Morgan fingerprint density at radius 1 is 1.21 bits per heavy atom. The minimum Gasteiger partial charge on any atom is -0.458 e. The Hall–Kier alpha value is -1.61. The van der Waals surface area contributed by atoms with Crippen LogP contribution in [0, 0.1) is 24.2 Å². The predicted molar refractivity (Wildman–Crippen MR) is 131 cm³/mol. The Morgan fingerprint density at radius 2 is 1.91 bits per heavy atom. The quantitative estimate of drug-likeness (QED) is 0.360. The fourth-order valence-electron chi connectivity index (χ4n) is 4.78. The smallest absolute Gasteiger partial charge is 0.309 e. The van der Waals surface area contributed by atoms with Gasteiger partial charge in [-0.3, -0.25) is 9.59 Å². The van der Waals surface area contributed by atoms with Gasteiger partial charge in [0.15, 0.2) is 0 Å². The van der Waals surface area contributed by atoms with Gasteiger partial charge in [0.2, 0.25) is 0 Å². The second-order valence-corrected chi connectivity index (χ2v) is 11.7. The number of thiazole rings is 1. The van der Waals surface area contributed by atoms with E-state index < -0.39 is 35.6 Å². The highest BCUT2D eigenvalue weighted by molar-refractivity contribution is 7.09. The van der Waals surface area contributed by atoms with Crippen LogP contribution in [0.5, 0.6) is 0 Å². The molecule has 3 heterocycles. The Morgan fingerprint density at radius 3 is 2.56 bits per heavy atom. The molecule has 0 saturated carbocycles. The maximum atomic E-state index is 13.2. The second-order valence-electron chi connectivity index (χ2n) is 10.6. The van der Waals surface area contributed by atoms with Crippen LogP contribution in [0.2, 0.25) is 0 Å². The number of carbonyl (C=O) groups is 2. The Balaban J connectivity index is 1.81. The maximum Gasteiger partial charge on any atom is 0.309 e. The van der Waals surface area contributed by atoms with Crippen LogP contribution < -0.4 is 0 Å². The third kappa shape index (κ3) is 6.53. The van der Waals surface area contributed by atoms with E-state index in [1.807, 2.05) is 32.2 Å². The van der Waals surface area contributed by atoms with Crippen molar-refractivity contribution >= 4 is 29.2 Å². The summed E-state index contributed by atoms with van der Waals surface area (Å²) in [5.41, 5.74) is 0.494. The molecular weight excluding hydrogens is 458 g/mol. The van der Waals surface area contributed by atoms with Gasteiger partial charge >= 0.3 is 5.97 Å². The summed E-state index contributed by atoms with van der Waals surface area (Å²) in [5.74, 6) is -1.52. The van der Waals surface area contributed by atoms with Gasteiger partial charge in [-0.1, -0.05) is 34.1 Å². The van der Waals surface area contributed by atoms with Crippen molar-refractivity contribution in [3.63, 3.8) is 0 Å². The van der Waals surface area contributed by atoms with Crippen molar-refractivity contribution < 1.29 is 29.3 Å². The molecular formula is C26H39NO6S. The van der Waals surface area contributed by atoms with E-state index in [0.717, 1.165) is 35.5 Å². The number of aryl methyl sites for hydroxylation is 1. The van der Waals surface area contributed by atoms with Crippen LogP contribution in [0.15, 0.2) is 11.0 Å². The second kappa shape index (κ2) is 11.0. The molecule has 2 aliphatic rings. The standard InChI is InChI=1S/C26H39NO6S/c1-14-8-7-9-19-21(32-19)11-20(15(2)10-18-13-34-17(4)27-18)33-23(29)12-22(28)26(5,6)25(31)16(3)24(14)30/h10,13-14,16,19-22,24,28,30H,7-9,11-12H2,1-6H3/b15-10+/t14?,16?,19-,20?,21+,22?,24?/m1/s1/i20+1,22+1,24+1,25+1. The van der Waals surface area contributed by atoms with Crippen molar-refractivity contribution in [2.75, 3.05) is 0 Å². The van der Waals surface area contributed by atoms with E-state index >= 15 is 0 Å². The van der Waals surface area contributed by atoms with Gasteiger partial charge in [-0.25, -0.2) is 4.98 Å². The Labute approximate surface area is 206 Å². The lowest BCUT2D eigenvalue weighted by molar-refractivity contribution is -0.154. The largest absolute Gasteiger partial charge is 0.458 e. The molecule has 2 fully saturated rings. The molecule has 8 heteroatoms. The first-order chi connectivity index (χ1) is 15.9. The molecule has 34 heavy (non-hydrogen) atoms. The van der Waals surface area contributed by atoms with E-state index in [1.54, 1.807) is 32.1 Å². The molecule has 0 amide bonds. The summed E-state index contributed by atoms with van der Waals surface area (Å²) < 4.78 is 11.7. The first-order valence-corrected chi connectivity index (χ1v) is 13.1. The molecule has 7 nitrogen and oxygen atoms in total. The van der Waals surface area contributed by atoms with Crippen molar-refractivity contribution in [1.29, 1.82) is 0 Å². The monoisotopic (exact) mass is 497 g/mol. The van der Waals surface area contributed by atoms with Crippen LogP contribution in [-0.2, 0) is 19.1 Å². The predicted octanol–water partition coefficient (Wildman–Crippen LogP) is 4.09. The fourth-order valence-corrected chi connectivity index (χ4v) is 5.35. The SMILES string of the molecule is C/C(=C\c1csc(C)n1)[13CH]1C[C@@H]2O[C@@H]2CCCC(C)[13CH](O)C(C)[13C](=O)C(C)(C)[13CH](O)CC(=O)O1. The number of ether oxygens (including phenoxy) is 2. The number of hydrogen-bond donors (Lipinski definition) is 2. The topological polar surface area (TPSA) is 109 Å². The number of aliphatic hydroxyl groups is 2. The maximum absolute atomic E-state index is 13.2. The molecule has 1 aromatic heterocycles. The average Bonchev–Trinajstić information content (AvgIpc) is 3.38. The molecule has 190 valence electrons. The lowest BCUT2D eigenvalue weighted by Gasteiger charge is -2.34. The van der Waals surface area contributed by atoms with Crippen LogP contribution in [0.1, 0.15) is 77.4 Å². The zero-order valence-corrected chi connectivity index (χ0v) is 21.9. The zero-order chi connectivity index (χ0) is 25.2. The summed E-state index contributed by atoms with van der Waals surface area (Å²) in [5, 5.41) is 24.5. The van der Waals surface area contributed by atoms with Crippen LogP contribution in [-0.4, -0.2) is 57.5 Å². The third-order valence-corrected chi connectivity index (χ3v) is 8.20. The summed E-state index contributed by atoms with van der Waals surface area (Å²) in [6.07, 6.45) is 2.28. The lowest BCUT2D eigenvalue weighted by Crippen LogP contribution is -2.45. The van der Waals surface area contributed by atoms with Crippen LogP contribution >= 0.6 is 11.3 Å². The van der Waals surface area contributed by atoms with Gasteiger partial charge in [-0.15, -0.1) is 11.3 Å². The van der Waals surface area contributed by atoms with Crippen LogP contribution in [0.4, 0.5) is 0 Å². The molecule has 0 aliphatic carbocycles. The van der Waals surface area contributed by atoms with E-state index in [4.69, 9.17) is 9.47 Å². The Kier molecular flexibility index (Phi) is 8.71. The van der Waals surface area contributed by atoms with Crippen molar-refractivity contribution in [2.45, 2.75) is 104 Å². The number of aliphatic hydroxyl groups excluding tert-OH is 2. The molecule has 2 N–H and O–H groups in total. The summed E-state index contributed by atoms with van der Waals surface area (Å²) >= 11 is 1.56. The third-order valence-electron chi connectivity index (χ3n) is 7.41. The van der Waals surface area contributed by atoms with E-state index in [2.05, 4.69) is 4.98 Å². The van der Waals surface area contributed by atoms with Gasteiger partial charge in [0, 0.05) is 17.7 Å². The number of hydrogen-bond acceptors (Lipinski definition) is 8. The number of epoxide rings is 1. The summed E-state index contributed by atoms with van der Waals surface area (Å²) in [6, 6.07) is 0. The minimum absolute atomic E-state index is 0.00770. The number of cyclic esters (lactones) is 1. The molecule has 2 saturated heterocycles. The minimum atomic E-state index is -1.22. The number of carbonyl (C=O) groups excluding carboxylic acids is 2. The number of ketones is 1. The number of nitrogens with zero attached hydrogens (tertiary/aromatic N) is 1. The van der Waals surface area contributed by atoms with Gasteiger partial charge in [0.1, 0.15) is 11.9 Å². The van der Waals surface area contributed by atoms with Gasteiger partial charge in [-0.2, -0.15) is 0 Å². The average molecular weight is 498 g/mol. The van der Waals surface area contributed by atoms with Crippen molar-refractivity contribution in [3.8, 4) is 0 Å². The number of esters is 1. The van der Waals surface area contributed by atoms with Crippen molar-refractivity contribution in [1.82, 2.24) is 4.98 Å². The molecule has 0 bridgehead atoms. The van der Waals surface area contributed by atoms with Crippen LogP contribution in [0.3, 0.4) is 0 Å². The van der Waals surface area contributed by atoms with Crippen molar-refractivity contribution in [3.05, 3.63) is 21.7 Å². The number of aromatic nitrogens is 1. The first-order valence-electron chi connectivity index (χ1n) is 12.3. The molecule has 5 unspecified atom stereocenters. The molecule has 1 aromatic rings. The molecule has 0 spiro atoms. The van der Waals surface area contributed by atoms with Crippen LogP contribution in [0.25, 0.3) is 6.08 Å². The van der Waals surface area contributed by atoms with Gasteiger partial charge < -0.3 is 19.7 Å². The number of fused-ring (bicyclic) bond motifs is 1. The lowest BCUT2D eigenvalue weighted by atomic mass is 9.99. The molecule has 2 aliphatic heterocycles. The number of rotatable bonds is 2.